The van der Waals surface area contributed by atoms with Gasteiger partial charge in [0.05, 0.1) is 18.4 Å². The van der Waals surface area contributed by atoms with Crippen molar-refractivity contribution in [3.05, 3.63) is 46.4 Å². The van der Waals surface area contributed by atoms with Crippen molar-refractivity contribution in [2.24, 2.45) is 0 Å². The van der Waals surface area contributed by atoms with E-state index in [0.717, 1.165) is 10.2 Å². The Bertz CT molecular complexity index is 674. The maximum Gasteiger partial charge on any atom is 0.253 e. The molecule has 0 saturated heterocycles. The van der Waals surface area contributed by atoms with Gasteiger partial charge in [0.2, 0.25) is 0 Å². The van der Waals surface area contributed by atoms with Gasteiger partial charge in [-0.3, -0.25) is 4.79 Å². The number of ether oxygens (including phenoxy) is 1. The van der Waals surface area contributed by atoms with E-state index in [9.17, 15) is 4.79 Å². The second kappa shape index (κ2) is 6.49. The molecule has 1 amide bonds. The van der Waals surface area contributed by atoms with Crippen LogP contribution in [0.15, 0.2) is 40.9 Å². The number of nitrogens with two attached hydrogens (primary N) is 1. The van der Waals surface area contributed by atoms with Crippen molar-refractivity contribution in [1.82, 2.24) is 5.32 Å². The van der Waals surface area contributed by atoms with E-state index >= 15 is 0 Å². The first-order valence-corrected chi connectivity index (χ1v) is 7.06. The zero-order chi connectivity index (χ0) is 15.4. The van der Waals surface area contributed by atoms with Crippen LogP contribution in [-0.4, -0.2) is 20.1 Å². The van der Waals surface area contributed by atoms with Gasteiger partial charge in [-0.05, 0) is 30.3 Å². The normalized spacial score (nSPS) is 10.0. The molecular weight excluding hydrogens is 334 g/mol. The Morgan fingerprint density at radius 2 is 2.00 bits per heavy atom. The number of nitrogens with one attached hydrogen (secondary N) is 2. The third-order valence-electron chi connectivity index (χ3n) is 2.90. The number of carbonyl (C=O) groups is 1. The predicted octanol–water partition coefficient (Wildman–Crippen LogP) is 3.14. The van der Waals surface area contributed by atoms with Gasteiger partial charge in [-0.2, -0.15) is 0 Å². The molecule has 5 nitrogen and oxygen atoms in total. The Labute approximate surface area is 131 Å². The Hall–Kier alpha value is -2.21. The van der Waals surface area contributed by atoms with E-state index in [2.05, 4.69) is 26.6 Å². The summed E-state index contributed by atoms with van der Waals surface area (Å²) in [6, 6.07) is 10.7. The third-order valence-corrected chi connectivity index (χ3v) is 3.36. The Morgan fingerprint density at radius 1 is 1.24 bits per heavy atom. The lowest BCUT2D eigenvalue weighted by Crippen LogP contribution is -2.19. The number of halogens is 1. The van der Waals surface area contributed by atoms with Crippen molar-refractivity contribution in [1.29, 1.82) is 0 Å². The maximum absolute atomic E-state index is 11.9. The molecule has 110 valence electrons. The molecule has 4 N–H and O–H groups in total. The van der Waals surface area contributed by atoms with Crippen LogP contribution in [0.5, 0.6) is 5.75 Å². The average Bonchev–Trinajstić information content (AvgIpc) is 2.46. The molecule has 21 heavy (non-hydrogen) atoms. The zero-order valence-electron chi connectivity index (χ0n) is 11.7. The summed E-state index contributed by atoms with van der Waals surface area (Å²) in [6.07, 6.45) is 0. The minimum atomic E-state index is -0.181. The van der Waals surface area contributed by atoms with Crippen LogP contribution in [-0.2, 0) is 0 Å². The number of anilines is 3. The molecule has 0 aliphatic rings. The highest BCUT2D eigenvalue weighted by atomic mass is 79.9. The number of hydrogen-bond donors (Lipinski definition) is 3. The van der Waals surface area contributed by atoms with E-state index in [1.807, 2.05) is 18.2 Å². The van der Waals surface area contributed by atoms with Gasteiger partial charge >= 0.3 is 0 Å². The molecule has 0 atom stereocenters. The lowest BCUT2D eigenvalue weighted by atomic mass is 10.1. The largest absolute Gasteiger partial charge is 0.497 e. The van der Waals surface area contributed by atoms with Crippen LogP contribution in [0.2, 0.25) is 0 Å². The number of amides is 1. The summed E-state index contributed by atoms with van der Waals surface area (Å²) >= 11 is 3.42. The summed E-state index contributed by atoms with van der Waals surface area (Å²) in [6.45, 7) is 0. The molecular formula is C15H16BrN3O2. The van der Waals surface area contributed by atoms with E-state index in [4.69, 9.17) is 10.5 Å². The van der Waals surface area contributed by atoms with Crippen LogP contribution in [0, 0.1) is 0 Å². The molecule has 2 aromatic carbocycles. The highest BCUT2D eigenvalue weighted by Crippen LogP contribution is 2.29. The standard InChI is InChI=1S/C15H16BrN3O2/c1-18-15(20)13-4-3-10(17)7-14(13)19-11-5-9(16)6-12(8-11)21-2/h3-8,19H,17H2,1-2H3,(H,18,20). The first-order chi connectivity index (χ1) is 10.0. The average molecular weight is 350 g/mol. The first-order valence-electron chi connectivity index (χ1n) is 6.26. The fraction of sp³-hybridized carbons (Fsp3) is 0.133. The minimum absolute atomic E-state index is 0.181. The van der Waals surface area contributed by atoms with Crippen molar-refractivity contribution in [2.45, 2.75) is 0 Å². The van der Waals surface area contributed by atoms with Crippen LogP contribution in [0.3, 0.4) is 0 Å². The fourth-order valence-electron chi connectivity index (χ4n) is 1.91. The molecule has 0 saturated carbocycles. The Morgan fingerprint density at radius 3 is 2.67 bits per heavy atom. The van der Waals surface area contributed by atoms with Gasteiger partial charge in [0, 0.05) is 29.0 Å². The van der Waals surface area contributed by atoms with Gasteiger partial charge in [0.25, 0.3) is 5.91 Å². The van der Waals surface area contributed by atoms with Gasteiger partial charge in [-0.1, -0.05) is 15.9 Å². The lowest BCUT2D eigenvalue weighted by Gasteiger charge is -2.13. The quantitative estimate of drug-likeness (QED) is 0.741. The van der Waals surface area contributed by atoms with Gasteiger partial charge in [0.15, 0.2) is 0 Å². The summed E-state index contributed by atoms with van der Waals surface area (Å²) in [5, 5.41) is 5.80. The Balaban J connectivity index is 2.41. The minimum Gasteiger partial charge on any atom is -0.497 e. The molecule has 2 rings (SSSR count). The third kappa shape index (κ3) is 3.66. The second-order valence-corrected chi connectivity index (χ2v) is 5.30. The topological polar surface area (TPSA) is 76.4 Å². The Kier molecular flexibility index (Phi) is 4.70. The number of benzene rings is 2. The molecule has 0 aliphatic heterocycles. The lowest BCUT2D eigenvalue weighted by molar-refractivity contribution is 0.0964. The van der Waals surface area contributed by atoms with Gasteiger partial charge in [0.1, 0.15) is 5.75 Å². The van der Waals surface area contributed by atoms with Gasteiger partial charge in [-0.15, -0.1) is 0 Å². The second-order valence-electron chi connectivity index (χ2n) is 4.39. The van der Waals surface area contributed by atoms with E-state index in [1.54, 1.807) is 32.4 Å². The van der Waals surface area contributed by atoms with Gasteiger partial charge < -0.3 is 21.1 Å². The van der Waals surface area contributed by atoms with Crippen molar-refractivity contribution >= 4 is 38.9 Å². The monoisotopic (exact) mass is 349 g/mol. The maximum atomic E-state index is 11.9. The number of hydrogen-bond acceptors (Lipinski definition) is 4. The van der Waals surface area contributed by atoms with Crippen LogP contribution < -0.4 is 21.1 Å². The summed E-state index contributed by atoms with van der Waals surface area (Å²) < 4.78 is 6.09. The SMILES string of the molecule is CNC(=O)c1ccc(N)cc1Nc1cc(Br)cc(OC)c1. The van der Waals surface area contributed by atoms with Crippen molar-refractivity contribution in [2.75, 3.05) is 25.2 Å². The summed E-state index contributed by atoms with van der Waals surface area (Å²) in [4.78, 5) is 11.9. The number of rotatable bonds is 4. The van der Waals surface area contributed by atoms with Crippen LogP contribution in [0.1, 0.15) is 10.4 Å². The van der Waals surface area contributed by atoms with Crippen molar-refractivity contribution in [3.8, 4) is 5.75 Å². The van der Waals surface area contributed by atoms with E-state index in [0.29, 0.717) is 22.7 Å². The number of carbonyl (C=O) groups excluding carboxylic acids is 1. The van der Waals surface area contributed by atoms with Crippen LogP contribution in [0.4, 0.5) is 17.1 Å². The molecule has 2 aromatic rings. The smallest absolute Gasteiger partial charge is 0.253 e. The number of nitrogen functional groups attached to an aromatic ring is 1. The fourth-order valence-corrected chi connectivity index (χ4v) is 2.38. The molecule has 0 fully saturated rings. The molecule has 0 unspecified atom stereocenters. The first kappa shape index (κ1) is 15.2. The van der Waals surface area contributed by atoms with E-state index in [-0.39, 0.29) is 5.91 Å². The number of methoxy groups -OCH3 is 1. The highest BCUT2D eigenvalue weighted by molar-refractivity contribution is 9.10. The molecule has 0 bridgehead atoms. The van der Waals surface area contributed by atoms with Crippen LogP contribution >= 0.6 is 15.9 Å². The van der Waals surface area contributed by atoms with E-state index < -0.39 is 0 Å². The van der Waals surface area contributed by atoms with Crippen molar-refractivity contribution < 1.29 is 9.53 Å². The molecule has 6 heteroatoms. The van der Waals surface area contributed by atoms with Gasteiger partial charge in [-0.25, -0.2) is 0 Å². The highest BCUT2D eigenvalue weighted by Gasteiger charge is 2.11. The van der Waals surface area contributed by atoms with Crippen molar-refractivity contribution in [3.63, 3.8) is 0 Å². The molecule has 0 heterocycles. The summed E-state index contributed by atoms with van der Waals surface area (Å²) in [5.74, 6) is 0.525. The predicted molar refractivity (Wildman–Crippen MR) is 88.2 cm³/mol. The summed E-state index contributed by atoms with van der Waals surface area (Å²) in [7, 11) is 3.19. The molecule has 0 aromatic heterocycles. The van der Waals surface area contributed by atoms with E-state index in [1.165, 1.54) is 0 Å². The summed E-state index contributed by atoms with van der Waals surface area (Å²) in [5.41, 5.74) is 8.32. The molecule has 0 spiro atoms. The van der Waals surface area contributed by atoms with Crippen LogP contribution in [0.25, 0.3) is 0 Å². The zero-order valence-corrected chi connectivity index (χ0v) is 13.3. The molecule has 0 aliphatic carbocycles. The molecule has 0 radical (unpaired) electrons.